The molecule has 2 rings (SSSR count). The molecule has 2 aromatic rings. The van der Waals surface area contributed by atoms with E-state index in [0.717, 1.165) is 5.56 Å². The second-order valence-corrected chi connectivity index (χ2v) is 9.09. The minimum atomic E-state index is -4.01. The number of rotatable bonds is 4. The lowest BCUT2D eigenvalue weighted by molar-refractivity contribution is 0.0635. The Morgan fingerprint density at radius 1 is 0.964 bits per heavy atom. The number of amides is 2. The van der Waals surface area contributed by atoms with Crippen molar-refractivity contribution in [2.24, 2.45) is 0 Å². The van der Waals surface area contributed by atoms with Crippen molar-refractivity contribution in [2.45, 2.75) is 45.1 Å². The van der Waals surface area contributed by atoms with Gasteiger partial charge in [-0.25, -0.2) is 17.9 Å². The van der Waals surface area contributed by atoms with Crippen LogP contribution < -0.4 is 10.0 Å². The van der Waals surface area contributed by atoms with Crippen molar-refractivity contribution in [3.8, 4) is 0 Å². The number of nitrogens with one attached hydrogen (secondary N) is 2. The van der Waals surface area contributed by atoms with E-state index in [-0.39, 0.29) is 10.5 Å². The van der Waals surface area contributed by atoms with Gasteiger partial charge in [-0.3, -0.25) is 10.1 Å². The van der Waals surface area contributed by atoms with E-state index in [4.69, 9.17) is 4.74 Å². The molecule has 7 nitrogen and oxygen atoms in total. The summed E-state index contributed by atoms with van der Waals surface area (Å²) in [6, 6.07) is 10.6. The minimum absolute atomic E-state index is 0.00864. The number of aryl methyl sites for hydroxylation is 2. The molecule has 0 fully saturated rings. The average molecular weight is 404 g/mol. The molecule has 0 aliphatic carbocycles. The predicted octanol–water partition coefficient (Wildman–Crippen LogP) is 3.77. The highest BCUT2D eigenvalue weighted by Crippen LogP contribution is 2.19. The van der Waals surface area contributed by atoms with Crippen molar-refractivity contribution in [3.63, 3.8) is 0 Å². The molecule has 0 spiro atoms. The van der Waals surface area contributed by atoms with Crippen molar-refractivity contribution < 1.29 is 22.7 Å². The van der Waals surface area contributed by atoms with E-state index >= 15 is 0 Å². The van der Waals surface area contributed by atoms with Gasteiger partial charge in [0.2, 0.25) is 0 Å². The largest absolute Gasteiger partial charge is 0.444 e. The van der Waals surface area contributed by atoms with Crippen molar-refractivity contribution in [2.75, 3.05) is 5.32 Å². The number of ether oxygens (including phenoxy) is 1. The third kappa shape index (κ3) is 5.82. The molecule has 8 heteroatoms. The van der Waals surface area contributed by atoms with E-state index in [1.54, 1.807) is 45.9 Å². The van der Waals surface area contributed by atoms with Crippen LogP contribution in [0.3, 0.4) is 0 Å². The van der Waals surface area contributed by atoms with Gasteiger partial charge in [-0.1, -0.05) is 23.8 Å². The fourth-order valence-corrected chi connectivity index (χ4v) is 3.24. The summed E-state index contributed by atoms with van der Waals surface area (Å²) in [7, 11) is -4.01. The number of carbonyl (C=O) groups is 2. The van der Waals surface area contributed by atoms with E-state index in [9.17, 15) is 18.0 Å². The van der Waals surface area contributed by atoms with E-state index < -0.39 is 27.6 Å². The molecule has 0 heterocycles. The SMILES string of the molecule is Cc1ccc(S(=O)(=O)NC(=O)c2ccc(C)c(NC(=O)OC(C)(C)C)c2)cc1. The third-order valence-electron chi connectivity index (χ3n) is 3.69. The Bertz CT molecular complexity index is 990. The number of hydrogen-bond acceptors (Lipinski definition) is 5. The zero-order chi connectivity index (χ0) is 21.1. The lowest BCUT2D eigenvalue weighted by atomic mass is 10.1. The smallest absolute Gasteiger partial charge is 0.412 e. The first-order valence-electron chi connectivity index (χ1n) is 8.62. The van der Waals surface area contributed by atoms with Crippen molar-refractivity contribution in [1.82, 2.24) is 4.72 Å². The Balaban J connectivity index is 2.20. The molecular weight excluding hydrogens is 380 g/mol. The zero-order valence-electron chi connectivity index (χ0n) is 16.5. The highest BCUT2D eigenvalue weighted by molar-refractivity contribution is 7.90. The molecule has 0 aromatic heterocycles. The van der Waals surface area contributed by atoms with Crippen LogP contribution in [0.15, 0.2) is 47.4 Å². The summed E-state index contributed by atoms with van der Waals surface area (Å²) >= 11 is 0. The van der Waals surface area contributed by atoms with Crippen LogP contribution >= 0.6 is 0 Å². The number of sulfonamides is 1. The molecule has 0 unspecified atom stereocenters. The number of hydrogen-bond donors (Lipinski definition) is 2. The first-order valence-corrected chi connectivity index (χ1v) is 10.1. The van der Waals surface area contributed by atoms with Gasteiger partial charge in [0.15, 0.2) is 0 Å². The first kappa shape index (κ1) is 21.4. The van der Waals surface area contributed by atoms with Gasteiger partial charge in [-0.15, -0.1) is 0 Å². The minimum Gasteiger partial charge on any atom is -0.444 e. The number of anilines is 1. The summed E-state index contributed by atoms with van der Waals surface area (Å²) in [5.41, 5.74) is 1.38. The maximum absolute atomic E-state index is 12.4. The summed E-state index contributed by atoms with van der Waals surface area (Å²) in [6.07, 6.45) is -0.666. The Kier molecular flexibility index (Phi) is 6.14. The molecule has 0 saturated carbocycles. The molecule has 0 atom stereocenters. The number of carbonyl (C=O) groups excluding carboxylic acids is 2. The van der Waals surface area contributed by atoms with Crippen LogP contribution in [0.1, 0.15) is 42.3 Å². The highest BCUT2D eigenvalue weighted by Gasteiger charge is 2.20. The quantitative estimate of drug-likeness (QED) is 0.808. The molecule has 28 heavy (non-hydrogen) atoms. The number of benzene rings is 2. The normalized spacial score (nSPS) is 11.6. The van der Waals surface area contributed by atoms with Crippen molar-refractivity contribution in [1.29, 1.82) is 0 Å². The average Bonchev–Trinajstić information content (AvgIpc) is 2.55. The summed E-state index contributed by atoms with van der Waals surface area (Å²) in [4.78, 5) is 24.4. The highest BCUT2D eigenvalue weighted by atomic mass is 32.2. The molecule has 2 aromatic carbocycles. The first-order chi connectivity index (χ1) is 12.9. The molecule has 0 radical (unpaired) electrons. The van der Waals surface area contributed by atoms with E-state index in [1.807, 2.05) is 11.6 Å². The molecule has 0 saturated heterocycles. The monoisotopic (exact) mass is 404 g/mol. The topological polar surface area (TPSA) is 102 Å². The summed E-state index contributed by atoms with van der Waals surface area (Å²) in [5.74, 6) is -0.798. The van der Waals surface area contributed by atoms with Gasteiger partial charge >= 0.3 is 6.09 Å². The third-order valence-corrected chi connectivity index (χ3v) is 5.04. The standard InChI is InChI=1S/C20H24N2O5S/c1-13-6-10-16(11-7-13)28(25,26)22-18(23)15-9-8-14(2)17(12-15)21-19(24)27-20(3,4)5/h6-12H,1-5H3,(H,21,24)(H,22,23). The zero-order valence-corrected chi connectivity index (χ0v) is 17.3. The summed E-state index contributed by atoms with van der Waals surface area (Å²) in [6.45, 7) is 8.79. The molecule has 150 valence electrons. The Labute approximate surface area is 165 Å². The van der Waals surface area contributed by atoms with Gasteiger partial charge < -0.3 is 4.74 Å². The molecule has 2 amide bonds. The fourth-order valence-electron chi connectivity index (χ4n) is 2.27. The van der Waals surface area contributed by atoms with Crippen LogP contribution in [0.2, 0.25) is 0 Å². The molecule has 0 aliphatic rings. The van der Waals surface area contributed by atoms with Gasteiger partial charge in [0.25, 0.3) is 15.9 Å². The van der Waals surface area contributed by atoms with Crippen LogP contribution in [0.5, 0.6) is 0 Å². The molecule has 2 N–H and O–H groups in total. The maximum atomic E-state index is 12.4. The van der Waals surface area contributed by atoms with Crippen LogP contribution in [-0.2, 0) is 14.8 Å². The van der Waals surface area contributed by atoms with E-state index in [1.165, 1.54) is 24.3 Å². The van der Waals surface area contributed by atoms with Crippen molar-refractivity contribution >= 4 is 27.7 Å². The van der Waals surface area contributed by atoms with Gasteiger partial charge in [0, 0.05) is 11.3 Å². The van der Waals surface area contributed by atoms with Crippen LogP contribution in [0, 0.1) is 13.8 Å². The lowest BCUT2D eigenvalue weighted by Crippen LogP contribution is -2.31. The second-order valence-electron chi connectivity index (χ2n) is 7.40. The van der Waals surface area contributed by atoms with Gasteiger partial charge in [-0.05, 0) is 64.4 Å². The predicted molar refractivity (Wildman–Crippen MR) is 107 cm³/mol. The van der Waals surface area contributed by atoms with Crippen LogP contribution in [0.4, 0.5) is 10.5 Å². The van der Waals surface area contributed by atoms with Gasteiger partial charge in [-0.2, -0.15) is 0 Å². The van der Waals surface area contributed by atoms with Crippen LogP contribution in [0.25, 0.3) is 0 Å². The Morgan fingerprint density at radius 3 is 2.14 bits per heavy atom. The Hall–Kier alpha value is -2.87. The Morgan fingerprint density at radius 2 is 1.57 bits per heavy atom. The fraction of sp³-hybridized carbons (Fsp3) is 0.300. The van der Waals surface area contributed by atoms with E-state index in [2.05, 4.69) is 5.32 Å². The summed E-state index contributed by atoms with van der Waals surface area (Å²) in [5, 5.41) is 2.57. The van der Waals surface area contributed by atoms with Crippen molar-refractivity contribution in [3.05, 3.63) is 59.2 Å². The second kappa shape index (κ2) is 8.02. The van der Waals surface area contributed by atoms with Gasteiger partial charge in [0.05, 0.1) is 4.90 Å². The molecule has 0 bridgehead atoms. The lowest BCUT2D eigenvalue weighted by Gasteiger charge is -2.20. The van der Waals surface area contributed by atoms with Gasteiger partial charge in [0.1, 0.15) is 5.60 Å². The van der Waals surface area contributed by atoms with E-state index in [0.29, 0.717) is 11.3 Å². The van der Waals surface area contributed by atoms with Crippen LogP contribution in [-0.4, -0.2) is 26.0 Å². The summed E-state index contributed by atoms with van der Waals surface area (Å²) < 4.78 is 32.0. The maximum Gasteiger partial charge on any atom is 0.412 e. The molecule has 0 aliphatic heterocycles. The molecular formula is C20H24N2O5S.